The third kappa shape index (κ3) is 4.08. The lowest BCUT2D eigenvalue weighted by molar-refractivity contribution is -0.127. The highest BCUT2D eigenvalue weighted by Crippen LogP contribution is 2.15. The lowest BCUT2D eigenvalue weighted by Crippen LogP contribution is -2.50. The summed E-state index contributed by atoms with van der Waals surface area (Å²) >= 11 is 0. The molecule has 6 nitrogen and oxygen atoms in total. The van der Waals surface area contributed by atoms with E-state index in [-0.39, 0.29) is 5.91 Å². The predicted octanol–water partition coefficient (Wildman–Crippen LogP) is 1.97. The number of aromatic nitrogens is 2. The molecule has 1 atom stereocenters. The largest absolute Gasteiger partial charge is 0.377 e. The van der Waals surface area contributed by atoms with Gasteiger partial charge in [-0.25, -0.2) is 4.98 Å². The number of amides is 1. The second-order valence-corrected chi connectivity index (χ2v) is 6.88. The molecular weight excluding hydrogens is 328 g/mol. The Morgan fingerprint density at radius 3 is 2.77 bits per heavy atom. The van der Waals surface area contributed by atoms with Crippen LogP contribution in [-0.2, 0) is 9.53 Å². The van der Waals surface area contributed by atoms with Gasteiger partial charge in [-0.15, -0.1) is 0 Å². The quantitative estimate of drug-likeness (QED) is 0.788. The molecule has 2 saturated heterocycles. The summed E-state index contributed by atoms with van der Waals surface area (Å²) in [6, 6.07) is 7.73. The Labute approximate surface area is 153 Å². The molecule has 3 heterocycles. The van der Waals surface area contributed by atoms with Crippen molar-refractivity contribution in [3.63, 3.8) is 0 Å². The van der Waals surface area contributed by atoms with E-state index in [4.69, 9.17) is 4.74 Å². The first-order valence-electron chi connectivity index (χ1n) is 9.31. The molecule has 1 aromatic heterocycles. The number of hydrogen-bond donors (Lipinski definition) is 0. The Kier molecular flexibility index (Phi) is 5.22. The molecule has 6 heteroatoms. The molecule has 136 valence electrons. The molecule has 2 aliphatic rings. The fourth-order valence-electron chi connectivity index (χ4n) is 3.54. The van der Waals surface area contributed by atoms with E-state index < -0.39 is 0 Å². The summed E-state index contributed by atoms with van der Waals surface area (Å²) < 4.78 is 5.70. The van der Waals surface area contributed by atoms with Gasteiger partial charge in [0.05, 0.1) is 29.0 Å². The molecule has 0 radical (unpaired) electrons. The SMILES string of the molecule is O=C(C=Cc1cnc2ccccc2n1)N1CCN(CC2CCCO2)CC1. The number of ether oxygens (including phenoxy) is 1. The number of fused-ring (bicyclic) bond motifs is 1. The Hall–Kier alpha value is -2.31. The van der Waals surface area contributed by atoms with Crippen LogP contribution in [0.5, 0.6) is 0 Å². The van der Waals surface area contributed by atoms with Crippen LogP contribution in [0.4, 0.5) is 0 Å². The lowest BCUT2D eigenvalue weighted by Gasteiger charge is -2.35. The minimum Gasteiger partial charge on any atom is -0.377 e. The zero-order valence-corrected chi connectivity index (χ0v) is 14.9. The predicted molar refractivity (Wildman–Crippen MR) is 101 cm³/mol. The molecule has 4 rings (SSSR count). The highest BCUT2D eigenvalue weighted by molar-refractivity contribution is 5.91. The van der Waals surface area contributed by atoms with E-state index >= 15 is 0 Å². The molecule has 26 heavy (non-hydrogen) atoms. The van der Waals surface area contributed by atoms with Crippen molar-refractivity contribution in [2.45, 2.75) is 18.9 Å². The van der Waals surface area contributed by atoms with Crippen molar-refractivity contribution < 1.29 is 9.53 Å². The highest BCUT2D eigenvalue weighted by Gasteiger charge is 2.24. The summed E-state index contributed by atoms with van der Waals surface area (Å²) in [6.45, 7) is 5.24. The number of nitrogens with zero attached hydrogens (tertiary/aromatic N) is 4. The molecule has 2 aliphatic heterocycles. The van der Waals surface area contributed by atoms with Gasteiger partial charge in [0.1, 0.15) is 0 Å². The van der Waals surface area contributed by atoms with Crippen molar-refractivity contribution in [1.82, 2.24) is 19.8 Å². The average Bonchev–Trinajstić information content (AvgIpc) is 3.19. The fourth-order valence-corrected chi connectivity index (χ4v) is 3.54. The van der Waals surface area contributed by atoms with Crippen LogP contribution in [0.15, 0.2) is 36.5 Å². The average molecular weight is 352 g/mol. The second kappa shape index (κ2) is 7.93. The van der Waals surface area contributed by atoms with E-state index in [1.54, 1.807) is 18.3 Å². The second-order valence-electron chi connectivity index (χ2n) is 6.88. The van der Waals surface area contributed by atoms with Crippen LogP contribution < -0.4 is 0 Å². The van der Waals surface area contributed by atoms with Crippen LogP contribution in [-0.4, -0.2) is 71.1 Å². The Morgan fingerprint density at radius 1 is 1.19 bits per heavy atom. The molecule has 1 aromatic carbocycles. The number of para-hydroxylation sites is 2. The van der Waals surface area contributed by atoms with E-state index in [9.17, 15) is 4.79 Å². The molecule has 1 amide bonds. The molecule has 0 spiro atoms. The standard InChI is InChI=1S/C20H24N4O2/c25-20(8-7-16-14-21-18-5-1-2-6-19(18)22-16)24-11-9-23(10-12-24)15-17-4-3-13-26-17/h1-2,5-8,14,17H,3-4,9-13,15H2. The molecule has 1 unspecified atom stereocenters. The van der Waals surface area contributed by atoms with Gasteiger partial charge < -0.3 is 9.64 Å². The van der Waals surface area contributed by atoms with Crippen molar-refractivity contribution in [3.05, 3.63) is 42.2 Å². The Balaban J connectivity index is 1.30. The molecule has 2 aromatic rings. The molecular formula is C20H24N4O2. The van der Waals surface area contributed by atoms with Crippen LogP contribution in [0.3, 0.4) is 0 Å². The normalized spacial score (nSPS) is 21.7. The van der Waals surface area contributed by atoms with Crippen LogP contribution in [0.1, 0.15) is 18.5 Å². The van der Waals surface area contributed by atoms with Crippen LogP contribution in [0, 0.1) is 0 Å². The molecule has 2 fully saturated rings. The lowest BCUT2D eigenvalue weighted by atomic mass is 10.2. The van der Waals surface area contributed by atoms with Crippen LogP contribution >= 0.6 is 0 Å². The van der Waals surface area contributed by atoms with Gasteiger partial charge in [-0.3, -0.25) is 14.7 Å². The molecule has 0 aliphatic carbocycles. The van der Waals surface area contributed by atoms with Gasteiger partial charge in [-0.2, -0.15) is 0 Å². The van der Waals surface area contributed by atoms with E-state index in [0.717, 1.165) is 56.8 Å². The number of benzene rings is 1. The van der Waals surface area contributed by atoms with Crippen molar-refractivity contribution in [3.8, 4) is 0 Å². The monoisotopic (exact) mass is 352 g/mol. The van der Waals surface area contributed by atoms with Crippen LogP contribution in [0.25, 0.3) is 17.1 Å². The smallest absolute Gasteiger partial charge is 0.246 e. The number of carbonyl (C=O) groups is 1. The van der Waals surface area contributed by atoms with Gasteiger partial charge in [0.15, 0.2) is 0 Å². The van der Waals surface area contributed by atoms with Crippen molar-refractivity contribution >= 4 is 23.0 Å². The number of hydrogen-bond acceptors (Lipinski definition) is 5. The summed E-state index contributed by atoms with van der Waals surface area (Å²) in [5.41, 5.74) is 2.40. The van der Waals surface area contributed by atoms with E-state index in [1.165, 1.54) is 6.42 Å². The van der Waals surface area contributed by atoms with E-state index in [0.29, 0.717) is 11.8 Å². The Morgan fingerprint density at radius 2 is 2.00 bits per heavy atom. The summed E-state index contributed by atoms with van der Waals surface area (Å²) in [5.74, 6) is 0.0386. The first-order valence-corrected chi connectivity index (χ1v) is 9.31. The maximum Gasteiger partial charge on any atom is 0.246 e. The zero-order chi connectivity index (χ0) is 17.8. The van der Waals surface area contributed by atoms with Crippen molar-refractivity contribution in [2.75, 3.05) is 39.3 Å². The minimum absolute atomic E-state index is 0.0386. The topological polar surface area (TPSA) is 58.6 Å². The third-order valence-electron chi connectivity index (χ3n) is 5.03. The zero-order valence-electron chi connectivity index (χ0n) is 14.9. The van der Waals surface area contributed by atoms with Gasteiger partial charge in [-0.1, -0.05) is 12.1 Å². The Bertz CT molecular complexity index is 793. The summed E-state index contributed by atoms with van der Waals surface area (Å²) in [6.07, 6.45) is 7.77. The molecule has 0 N–H and O–H groups in total. The number of piperazine rings is 1. The minimum atomic E-state index is 0.0386. The number of carbonyl (C=O) groups excluding carboxylic acids is 1. The van der Waals surface area contributed by atoms with Gasteiger partial charge in [-0.05, 0) is 31.1 Å². The van der Waals surface area contributed by atoms with Gasteiger partial charge in [0.2, 0.25) is 5.91 Å². The fraction of sp³-hybridized carbons (Fsp3) is 0.450. The summed E-state index contributed by atoms with van der Waals surface area (Å²) in [7, 11) is 0. The van der Waals surface area contributed by atoms with Crippen LogP contribution in [0.2, 0.25) is 0 Å². The summed E-state index contributed by atoms with van der Waals surface area (Å²) in [4.78, 5) is 25.6. The maximum atomic E-state index is 12.4. The van der Waals surface area contributed by atoms with Crippen molar-refractivity contribution in [1.29, 1.82) is 0 Å². The number of rotatable bonds is 4. The van der Waals surface area contributed by atoms with Crippen molar-refractivity contribution in [2.24, 2.45) is 0 Å². The van der Waals surface area contributed by atoms with Gasteiger partial charge in [0.25, 0.3) is 0 Å². The first-order chi connectivity index (χ1) is 12.8. The highest BCUT2D eigenvalue weighted by atomic mass is 16.5. The van der Waals surface area contributed by atoms with Gasteiger partial charge >= 0.3 is 0 Å². The van der Waals surface area contributed by atoms with E-state index in [2.05, 4.69) is 14.9 Å². The molecule has 0 saturated carbocycles. The maximum absolute atomic E-state index is 12.4. The first kappa shape index (κ1) is 17.1. The molecule has 0 bridgehead atoms. The third-order valence-corrected chi connectivity index (χ3v) is 5.03. The summed E-state index contributed by atoms with van der Waals surface area (Å²) in [5, 5.41) is 0. The van der Waals surface area contributed by atoms with E-state index in [1.807, 2.05) is 29.2 Å². The van der Waals surface area contributed by atoms with Gasteiger partial charge in [0, 0.05) is 45.4 Å².